The molecule has 0 saturated heterocycles. The van der Waals surface area contributed by atoms with Crippen LogP contribution < -0.4 is 10.5 Å². The van der Waals surface area contributed by atoms with Crippen molar-refractivity contribution >= 4 is 5.97 Å². The first-order chi connectivity index (χ1) is 9.43. The van der Waals surface area contributed by atoms with E-state index >= 15 is 0 Å². The molecule has 6 heteroatoms. The highest BCUT2D eigenvalue weighted by molar-refractivity contribution is 5.79. The molecule has 0 amide bonds. The normalized spacial score (nSPS) is 25.6. The van der Waals surface area contributed by atoms with Crippen LogP contribution in [-0.2, 0) is 4.79 Å². The Morgan fingerprint density at radius 3 is 2.90 bits per heavy atom. The molecule has 1 fully saturated rings. The van der Waals surface area contributed by atoms with Crippen LogP contribution in [0.3, 0.4) is 0 Å². The van der Waals surface area contributed by atoms with Crippen molar-refractivity contribution in [2.24, 2.45) is 11.7 Å². The van der Waals surface area contributed by atoms with Crippen LogP contribution in [0.2, 0.25) is 0 Å². The molecule has 0 aromatic heterocycles. The van der Waals surface area contributed by atoms with Gasteiger partial charge in [0.2, 0.25) is 0 Å². The van der Waals surface area contributed by atoms with E-state index in [0.29, 0.717) is 12.8 Å². The van der Waals surface area contributed by atoms with E-state index in [0.717, 1.165) is 25.0 Å². The van der Waals surface area contributed by atoms with Gasteiger partial charge in [-0.1, -0.05) is 6.42 Å². The molecule has 3 N–H and O–H groups in total. The van der Waals surface area contributed by atoms with Crippen molar-refractivity contribution in [3.63, 3.8) is 0 Å². The second-order valence-electron chi connectivity index (χ2n) is 5.15. The molecule has 0 aliphatic heterocycles. The summed E-state index contributed by atoms with van der Waals surface area (Å²) in [6.45, 7) is 0.152. The summed E-state index contributed by atoms with van der Waals surface area (Å²) in [5.41, 5.74) is 4.68. The van der Waals surface area contributed by atoms with Crippen LogP contribution in [-0.4, -0.2) is 23.2 Å². The molecule has 1 aliphatic rings. The van der Waals surface area contributed by atoms with Gasteiger partial charge in [0, 0.05) is 6.07 Å². The molecule has 0 spiro atoms. The highest BCUT2D eigenvalue weighted by atomic mass is 19.1. The van der Waals surface area contributed by atoms with Crippen molar-refractivity contribution in [3.8, 4) is 5.75 Å². The van der Waals surface area contributed by atoms with Crippen LogP contribution in [0.4, 0.5) is 8.78 Å². The first kappa shape index (κ1) is 14.7. The number of carboxylic acids is 1. The van der Waals surface area contributed by atoms with Crippen LogP contribution in [0.1, 0.15) is 25.7 Å². The Kier molecular flexibility index (Phi) is 4.23. The fourth-order valence-corrected chi connectivity index (χ4v) is 2.69. The topological polar surface area (TPSA) is 72.6 Å². The van der Waals surface area contributed by atoms with Crippen molar-refractivity contribution in [2.45, 2.75) is 31.2 Å². The number of carbonyl (C=O) groups is 1. The molecule has 1 aliphatic carbocycles. The average molecular weight is 285 g/mol. The number of halogens is 2. The molecule has 0 heterocycles. The van der Waals surface area contributed by atoms with Crippen LogP contribution in [0.25, 0.3) is 0 Å². The molecule has 0 bridgehead atoms. The summed E-state index contributed by atoms with van der Waals surface area (Å²) in [6, 6.07) is 3.07. The Bertz CT molecular complexity index is 509. The summed E-state index contributed by atoms with van der Waals surface area (Å²) < 4.78 is 31.3. The molecule has 20 heavy (non-hydrogen) atoms. The van der Waals surface area contributed by atoms with Gasteiger partial charge in [-0.3, -0.25) is 4.79 Å². The predicted molar refractivity (Wildman–Crippen MR) is 68.4 cm³/mol. The van der Waals surface area contributed by atoms with Gasteiger partial charge in [-0.15, -0.1) is 0 Å². The van der Waals surface area contributed by atoms with Gasteiger partial charge in [0.25, 0.3) is 0 Å². The van der Waals surface area contributed by atoms with E-state index in [4.69, 9.17) is 15.6 Å². The SMILES string of the molecule is NC1(C(=O)O)CCCC1CCOc1ccc(F)cc1F. The van der Waals surface area contributed by atoms with Gasteiger partial charge in [-0.25, -0.2) is 8.78 Å². The smallest absolute Gasteiger partial charge is 0.323 e. The largest absolute Gasteiger partial charge is 0.491 e. The van der Waals surface area contributed by atoms with Crippen LogP contribution in [0.5, 0.6) is 5.75 Å². The number of aliphatic carboxylic acids is 1. The summed E-state index contributed by atoms with van der Waals surface area (Å²) in [5, 5.41) is 9.17. The Balaban J connectivity index is 1.91. The molecule has 110 valence electrons. The van der Waals surface area contributed by atoms with Crippen molar-refractivity contribution in [3.05, 3.63) is 29.8 Å². The Labute approximate surface area is 115 Å². The minimum Gasteiger partial charge on any atom is -0.491 e. The third kappa shape index (κ3) is 2.90. The lowest BCUT2D eigenvalue weighted by atomic mass is 9.86. The van der Waals surface area contributed by atoms with Gasteiger partial charge < -0.3 is 15.6 Å². The van der Waals surface area contributed by atoms with E-state index < -0.39 is 23.1 Å². The van der Waals surface area contributed by atoms with Gasteiger partial charge in [-0.2, -0.15) is 0 Å². The number of nitrogens with two attached hydrogens (primary N) is 1. The van der Waals surface area contributed by atoms with Crippen molar-refractivity contribution < 1.29 is 23.4 Å². The molecule has 4 nitrogen and oxygen atoms in total. The van der Waals surface area contributed by atoms with Gasteiger partial charge in [0.15, 0.2) is 11.6 Å². The second-order valence-corrected chi connectivity index (χ2v) is 5.15. The monoisotopic (exact) mass is 285 g/mol. The predicted octanol–water partition coefficient (Wildman–Crippen LogP) is 2.32. The molecule has 1 aromatic rings. The quantitative estimate of drug-likeness (QED) is 0.870. The average Bonchev–Trinajstić information content (AvgIpc) is 2.75. The molecule has 2 atom stereocenters. The highest BCUT2D eigenvalue weighted by Gasteiger charge is 2.45. The molecule has 1 aromatic carbocycles. The number of hydrogen-bond donors (Lipinski definition) is 2. The van der Waals surface area contributed by atoms with Crippen molar-refractivity contribution in [1.82, 2.24) is 0 Å². The lowest BCUT2D eigenvalue weighted by molar-refractivity contribution is -0.144. The number of hydrogen-bond acceptors (Lipinski definition) is 3. The van der Waals surface area contributed by atoms with Crippen LogP contribution in [0.15, 0.2) is 18.2 Å². The molecule has 2 rings (SSSR count). The molecule has 1 saturated carbocycles. The molecule has 2 unspecified atom stereocenters. The third-order valence-electron chi connectivity index (χ3n) is 3.89. The summed E-state index contributed by atoms with van der Waals surface area (Å²) >= 11 is 0. The van der Waals surface area contributed by atoms with E-state index in [-0.39, 0.29) is 18.3 Å². The van der Waals surface area contributed by atoms with E-state index in [1.54, 1.807) is 0 Å². The lowest BCUT2D eigenvalue weighted by Crippen LogP contribution is -2.51. The maximum Gasteiger partial charge on any atom is 0.323 e. The Hall–Kier alpha value is -1.69. The van der Waals surface area contributed by atoms with E-state index in [1.807, 2.05) is 0 Å². The van der Waals surface area contributed by atoms with Crippen LogP contribution in [0, 0.1) is 17.6 Å². The second kappa shape index (κ2) is 5.75. The first-order valence-electron chi connectivity index (χ1n) is 6.53. The fourth-order valence-electron chi connectivity index (χ4n) is 2.69. The summed E-state index contributed by atoms with van der Waals surface area (Å²) in [5.74, 6) is -2.68. The third-order valence-corrected chi connectivity index (χ3v) is 3.89. The maximum atomic E-state index is 13.3. The first-order valence-corrected chi connectivity index (χ1v) is 6.53. The molecular formula is C14H17F2NO3. The van der Waals surface area contributed by atoms with Crippen molar-refractivity contribution in [2.75, 3.05) is 6.61 Å². The van der Waals surface area contributed by atoms with Crippen molar-refractivity contribution in [1.29, 1.82) is 0 Å². The van der Waals surface area contributed by atoms with Crippen LogP contribution >= 0.6 is 0 Å². The van der Waals surface area contributed by atoms with Gasteiger partial charge >= 0.3 is 5.97 Å². The summed E-state index contributed by atoms with van der Waals surface area (Å²) in [7, 11) is 0. The summed E-state index contributed by atoms with van der Waals surface area (Å²) in [4.78, 5) is 11.2. The Morgan fingerprint density at radius 1 is 1.50 bits per heavy atom. The highest BCUT2D eigenvalue weighted by Crippen LogP contribution is 2.36. The van der Waals surface area contributed by atoms with Gasteiger partial charge in [-0.05, 0) is 37.3 Å². The van der Waals surface area contributed by atoms with E-state index in [1.165, 1.54) is 6.07 Å². The number of benzene rings is 1. The zero-order valence-electron chi connectivity index (χ0n) is 10.9. The maximum absolute atomic E-state index is 13.3. The number of carboxylic acid groups (broad SMARTS) is 1. The minimum absolute atomic E-state index is 0.0395. The minimum atomic E-state index is -1.22. The lowest BCUT2D eigenvalue weighted by Gasteiger charge is -2.26. The van der Waals surface area contributed by atoms with Gasteiger partial charge in [0.1, 0.15) is 11.4 Å². The zero-order valence-corrected chi connectivity index (χ0v) is 10.9. The van der Waals surface area contributed by atoms with E-state index in [2.05, 4.69) is 0 Å². The molecular weight excluding hydrogens is 268 g/mol. The fraction of sp³-hybridized carbons (Fsp3) is 0.500. The summed E-state index contributed by atoms with van der Waals surface area (Å²) in [6.07, 6.45) is 2.36. The Morgan fingerprint density at radius 2 is 2.25 bits per heavy atom. The zero-order chi connectivity index (χ0) is 14.8. The standard InChI is InChI=1S/C14H17F2NO3/c15-10-3-4-12(11(16)8-10)20-7-5-9-2-1-6-14(9,17)13(18)19/h3-4,8-9H,1-2,5-7,17H2,(H,18,19). The number of rotatable bonds is 5. The molecule has 0 radical (unpaired) electrons. The van der Waals surface area contributed by atoms with Gasteiger partial charge in [0.05, 0.1) is 6.61 Å². The number of ether oxygens (including phenoxy) is 1. The van der Waals surface area contributed by atoms with E-state index in [9.17, 15) is 13.6 Å².